The molecular formula is C14H22ClN5O. The van der Waals surface area contributed by atoms with Crippen LogP contribution in [0, 0.1) is 5.92 Å². The molecule has 0 aromatic carbocycles. The summed E-state index contributed by atoms with van der Waals surface area (Å²) < 4.78 is 0. The maximum atomic E-state index is 9.68. The Bertz CT molecular complexity index is 484. The van der Waals surface area contributed by atoms with Gasteiger partial charge in [0.15, 0.2) is 0 Å². The first-order valence-corrected chi connectivity index (χ1v) is 8.11. The molecule has 3 heterocycles. The summed E-state index contributed by atoms with van der Waals surface area (Å²) in [6.07, 6.45) is 4.03. The maximum absolute atomic E-state index is 9.68. The summed E-state index contributed by atoms with van der Waals surface area (Å²) in [4.78, 5) is 17.4. The van der Waals surface area contributed by atoms with Gasteiger partial charge >= 0.3 is 0 Å². The highest BCUT2D eigenvalue weighted by atomic mass is 35.5. The Balaban J connectivity index is 1.73. The zero-order chi connectivity index (χ0) is 14.8. The SMILES string of the molecule is CC(O)C1CCN(c2nc(Cl)nc(N3CCCC3)n2)CC1. The van der Waals surface area contributed by atoms with Crippen LogP contribution in [0.3, 0.4) is 0 Å². The van der Waals surface area contributed by atoms with Gasteiger partial charge in [-0.15, -0.1) is 0 Å². The molecule has 1 N–H and O–H groups in total. The number of rotatable bonds is 3. The summed E-state index contributed by atoms with van der Waals surface area (Å²) in [6.45, 7) is 5.56. The zero-order valence-electron chi connectivity index (χ0n) is 12.4. The van der Waals surface area contributed by atoms with Crippen LogP contribution >= 0.6 is 11.6 Å². The molecule has 1 aromatic rings. The Morgan fingerprint density at radius 2 is 1.52 bits per heavy atom. The molecule has 3 rings (SSSR count). The second kappa shape index (κ2) is 6.32. The molecule has 1 atom stereocenters. The molecule has 0 amide bonds. The van der Waals surface area contributed by atoms with Crippen molar-refractivity contribution in [1.82, 2.24) is 15.0 Å². The van der Waals surface area contributed by atoms with Crippen LogP contribution < -0.4 is 9.80 Å². The van der Waals surface area contributed by atoms with Gasteiger partial charge in [-0.3, -0.25) is 0 Å². The van der Waals surface area contributed by atoms with Gasteiger partial charge in [0.25, 0.3) is 0 Å². The van der Waals surface area contributed by atoms with Gasteiger partial charge in [0.05, 0.1) is 6.10 Å². The lowest BCUT2D eigenvalue weighted by atomic mass is 9.92. The molecule has 21 heavy (non-hydrogen) atoms. The van der Waals surface area contributed by atoms with Crippen LogP contribution in [0.15, 0.2) is 0 Å². The molecule has 0 bridgehead atoms. The van der Waals surface area contributed by atoms with Crippen LogP contribution in [-0.2, 0) is 0 Å². The molecule has 2 aliphatic rings. The largest absolute Gasteiger partial charge is 0.393 e. The molecule has 2 fully saturated rings. The summed E-state index contributed by atoms with van der Waals surface area (Å²) in [5.74, 6) is 1.73. The Kier molecular flexibility index (Phi) is 4.45. The third kappa shape index (κ3) is 3.37. The van der Waals surface area contributed by atoms with Crippen molar-refractivity contribution in [1.29, 1.82) is 0 Å². The van der Waals surface area contributed by atoms with Gasteiger partial charge in [0.2, 0.25) is 17.2 Å². The van der Waals surface area contributed by atoms with E-state index in [1.165, 1.54) is 12.8 Å². The van der Waals surface area contributed by atoms with Crippen molar-refractivity contribution in [3.63, 3.8) is 0 Å². The van der Waals surface area contributed by atoms with Crippen molar-refractivity contribution in [3.8, 4) is 0 Å². The number of aromatic nitrogens is 3. The van der Waals surface area contributed by atoms with E-state index in [1.807, 2.05) is 6.92 Å². The molecule has 0 radical (unpaired) electrons. The molecule has 2 aliphatic heterocycles. The van der Waals surface area contributed by atoms with Crippen molar-refractivity contribution in [2.45, 2.75) is 38.7 Å². The van der Waals surface area contributed by atoms with Crippen molar-refractivity contribution in [3.05, 3.63) is 5.28 Å². The van der Waals surface area contributed by atoms with Crippen LogP contribution in [-0.4, -0.2) is 52.3 Å². The Morgan fingerprint density at radius 1 is 1.00 bits per heavy atom. The first kappa shape index (κ1) is 14.8. The van der Waals surface area contributed by atoms with E-state index in [0.29, 0.717) is 17.8 Å². The van der Waals surface area contributed by atoms with E-state index in [-0.39, 0.29) is 11.4 Å². The average molecular weight is 312 g/mol. The first-order chi connectivity index (χ1) is 10.1. The third-order valence-electron chi connectivity index (χ3n) is 4.48. The topological polar surface area (TPSA) is 65.4 Å². The molecule has 0 spiro atoms. The minimum atomic E-state index is -0.241. The van der Waals surface area contributed by atoms with Crippen LogP contribution in [0.25, 0.3) is 0 Å². The minimum Gasteiger partial charge on any atom is -0.393 e. The highest BCUT2D eigenvalue weighted by Crippen LogP contribution is 2.25. The molecule has 2 saturated heterocycles. The van der Waals surface area contributed by atoms with Gasteiger partial charge in [-0.2, -0.15) is 15.0 Å². The fourth-order valence-electron chi connectivity index (χ4n) is 3.11. The standard InChI is InChI=1S/C14H22ClN5O/c1-10(21)11-4-8-20(9-5-11)14-17-12(15)16-13(18-14)19-6-2-3-7-19/h10-11,21H,2-9H2,1H3. The summed E-state index contributed by atoms with van der Waals surface area (Å²) in [5, 5.41) is 9.94. The predicted octanol–water partition coefficient (Wildman–Crippen LogP) is 1.72. The van der Waals surface area contributed by atoms with Gasteiger partial charge in [-0.25, -0.2) is 0 Å². The van der Waals surface area contributed by atoms with Gasteiger partial charge in [0, 0.05) is 26.2 Å². The third-order valence-corrected chi connectivity index (χ3v) is 4.65. The van der Waals surface area contributed by atoms with E-state index in [9.17, 15) is 5.11 Å². The van der Waals surface area contributed by atoms with Crippen molar-refractivity contribution in [2.24, 2.45) is 5.92 Å². The first-order valence-electron chi connectivity index (χ1n) is 7.73. The summed E-state index contributed by atoms with van der Waals surface area (Å²) in [6, 6.07) is 0. The minimum absolute atomic E-state index is 0.241. The second-order valence-electron chi connectivity index (χ2n) is 5.96. The number of hydrogen-bond donors (Lipinski definition) is 1. The number of piperidine rings is 1. The van der Waals surface area contributed by atoms with Gasteiger partial charge in [-0.1, -0.05) is 0 Å². The summed E-state index contributed by atoms with van der Waals surface area (Å²) >= 11 is 6.07. The predicted molar refractivity (Wildman–Crippen MR) is 82.9 cm³/mol. The number of nitrogens with zero attached hydrogens (tertiary/aromatic N) is 5. The van der Waals surface area contributed by atoms with Crippen molar-refractivity contribution >= 4 is 23.5 Å². The normalized spacial score (nSPS) is 21.9. The molecule has 7 heteroatoms. The second-order valence-corrected chi connectivity index (χ2v) is 6.30. The highest BCUT2D eigenvalue weighted by molar-refractivity contribution is 6.28. The van der Waals surface area contributed by atoms with Crippen molar-refractivity contribution in [2.75, 3.05) is 36.0 Å². The molecule has 1 aromatic heterocycles. The van der Waals surface area contributed by atoms with E-state index >= 15 is 0 Å². The number of aliphatic hydroxyl groups is 1. The Morgan fingerprint density at radius 3 is 2.05 bits per heavy atom. The molecule has 0 aliphatic carbocycles. The van der Waals surface area contributed by atoms with Gasteiger partial charge in [0.1, 0.15) is 0 Å². The summed E-state index contributed by atoms with van der Waals surface area (Å²) in [7, 11) is 0. The lowest BCUT2D eigenvalue weighted by Gasteiger charge is -2.33. The zero-order valence-corrected chi connectivity index (χ0v) is 13.1. The lowest BCUT2D eigenvalue weighted by molar-refractivity contribution is 0.109. The van der Waals surface area contributed by atoms with E-state index < -0.39 is 0 Å². The quantitative estimate of drug-likeness (QED) is 0.917. The lowest BCUT2D eigenvalue weighted by Crippen LogP contribution is -2.38. The van der Waals surface area contributed by atoms with Crippen LogP contribution in [0.5, 0.6) is 0 Å². The number of aliphatic hydroxyl groups excluding tert-OH is 1. The average Bonchev–Trinajstić information content (AvgIpc) is 3.01. The molecular weight excluding hydrogens is 290 g/mol. The van der Waals surface area contributed by atoms with Gasteiger partial charge < -0.3 is 14.9 Å². The maximum Gasteiger partial charge on any atom is 0.231 e. The molecule has 116 valence electrons. The number of anilines is 2. The number of halogens is 1. The van der Waals surface area contributed by atoms with E-state index in [4.69, 9.17) is 11.6 Å². The van der Waals surface area contributed by atoms with Crippen LogP contribution in [0.2, 0.25) is 5.28 Å². The Hall–Kier alpha value is -1.14. The molecule has 6 nitrogen and oxygen atoms in total. The fraction of sp³-hybridized carbons (Fsp3) is 0.786. The smallest absolute Gasteiger partial charge is 0.231 e. The van der Waals surface area contributed by atoms with Gasteiger partial charge in [-0.05, 0) is 50.1 Å². The Labute approximate surface area is 130 Å². The van der Waals surface area contributed by atoms with E-state index in [1.54, 1.807) is 0 Å². The van der Waals surface area contributed by atoms with Crippen LogP contribution in [0.1, 0.15) is 32.6 Å². The monoisotopic (exact) mass is 311 g/mol. The van der Waals surface area contributed by atoms with E-state index in [2.05, 4.69) is 24.8 Å². The van der Waals surface area contributed by atoms with Crippen molar-refractivity contribution < 1.29 is 5.11 Å². The fourth-order valence-corrected chi connectivity index (χ4v) is 3.26. The van der Waals surface area contributed by atoms with Crippen LogP contribution in [0.4, 0.5) is 11.9 Å². The number of hydrogen-bond acceptors (Lipinski definition) is 6. The molecule has 1 unspecified atom stereocenters. The highest BCUT2D eigenvalue weighted by Gasteiger charge is 2.25. The summed E-state index contributed by atoms with van der Waals surface area (Å²) in [5.41, 5.74) is 0. The van der Waals surface area contributed by atoms with E-state index in [0.717, 1.165) is 39.0 Å². The molecule has 0 saturated carbocycles.